The van der Waals surface area contributed by atoms with Crippen LogP contribution in [0.4, 0.5) is 0 Å². The van der Waals surface area contributed by atoms with Crippen molar-refractivity contribution in [2.45, 2.75) is 57.2 Å². The first-order chi connectivity index (χ1) is 7.84. The van der Waals surface area contributed by atoms with Gasteiger partial charge in [0, 0.05) is 6.54 Å². The molecular formula is C13H25NO2. The van der Waals surface area contributed by atoms with E-state index in [0.717, 1.165) is 19.6 Å². The van der Waals surface area contributed by atoms with Crippen LogP contribution in [0.15, 0.2) is 0 Å². The summed E-state index contributed by atoms with van der Waals surface area (Å²) in [6.07, 6.45) is 9.04. The third-order valence-electron chi connectivity index (χ3n) is 3.74. The smallest absolute Gasteiger partial charge is 0.0900 e. The fourth-order valence-electron chi connectivity index (χ4n) is 2.79. The number of aliphatic hydroxyl groups excluding tert-OH is 1. The van der Waals surface area contributed by atoms with Crippen LogP contribution in [-0.2, 0) is 4.74 Å². The summed E-state index contributed by atoms with van der Waals surface area (Å²) < 4.78 is 5.78. The van der Waals surface area contributed by atoms with Crippen LogP contribution >= 0.6 is 0 Å². The van der Waals surface area contributed by atoms with E-state index in [0.29, 0.717) is 12.7 Å². The Balaban J connectivity index is 1.57. The Kier molecular flexibility index (Phi) is 5.07. The lowest BCUT2D eigenvalue weighted by molar-refractivity contribution is -0.0315. The molecule has 2 fully saturated rings. The highest BCUT2D eigenvalue weighted by atomic mass is 16.5. The van der Waals surface area contributed by atoms with Crippen LogP contribution in [0.2, 0.25) is 0 Å². The van der Waals surface area contributed by atoms with Crippen molar-refractivity contribution in [3.05, 3.63) is 0 Å². The Hall–Kier alpha value is -0.120. The van der Waals surface area contributed by atoms with E-state index in [1.807, 2.05) is 0 Å². The Morgan fingerprint density at radius 2 is 1.75 bits per heavy atom. The number of aliphatic hydroxyl groups is 1. The van der Waals surface area contributed by atoms with E-state index in [-0.39, 0.29) is 6.10 Å². The molecule has 1 heterocycles. The zero-order chi connectivity index (χ0) is 11.2. The molecule has 0 unspecified atom stereocenters. The van der Waals surface area contributed by atoms with Gasteiger partial charge in [-0.05, 0) is 38.8 Å². The van der Waals surface area contributed by atoms with E-state index in [9.17, 15) is 5.11 Å². The standard InChI is InChI=1S/C13H25NO2/c15-12(10-14-8-4-5-9-14)11-16-13-6-2-1-3-7-13/h12-13,15H,1-11H2/t12-/m1/s1. The second kappa shape index (κ2) is 6.58. The number of likely N-dealkylation sites (tertiary alicyclic amines) is 1. The maximum Gasteiger partial charge on any atom is 0.0900 e. The molecule has 2 rings (SSSR count). The Bertz CT molecular complexity index is 186. The first kappa shape index (κ1) is 12.3. The predicted octanol–water partition coefficient (Wildman–Crippen LogP) is 1.79. The van der Waals surface area contributed by atoms with Crippen LogP contribution in [-0.4, -0.2) is 48.5 Å². The van der Waals surface area contributed by atoms with Crippen molar-refractivity contribution in [3.8, 4) is 0 Å². The van der Waals surface area contributed by atoms with Gasteiger partial charge < -0.3 is 14.7 Å². The van der Waals surface area contributed by atoms with E-state index in [2.05, 4.69) is 4.90 Å². The molecule has 1 saturated carbocycles. The summed E-state index contributed by atoms with van der Waals surface area (Å²) in [4.78, 5) is 2.34. The number of hydrogen-bond donors (Lipinski definition) is 1. The minimum Gasteiger partial charge on any atom is -0.389 e. The molecule has 1 aliphatic carbocycles. The molecular weight excluding hydrogens is 202 g/mol. The molecule has 0 bridgehead atoms. The van der Waals surface area contributed by atoms with E-state index in [4.69, 9.17) is 4.74 Å². The molecule has 1 saturated heterocycles. The lowest BCUT2D eigenvalue weighted by atomic mass is 9.98. The summed E-state index contributed by atoms with van der Waals surface area (Å²) >= 11 is 0. The van der Waals surface area contributed by atoms with Gasteiger partial charge in [0.15, 0.2) is 0 Å². The monoisotopic (exact) mass is 227 g/mol. The van der Waals surface area contributed by atoms with E-state index in [1.54, 1.807) is 0 Å². The molecule has 1 aliphatic heterocycles. The Morgan fingerprint density at radius 3 is 2.44 bits per heavy atom. The van der Waals surface area contributed by atoms with Crippen molar-refractivity contribution in [2.75, 3.05) is 26.2 Å². The highest BCUT2D eigenvalue weighted by Gasteiger charge is 2.18. The van der Waals surface area contributed by atoms with E-state index >= 15 is 0 Å². The highest BCUT2D eigenvalue weighted by Crippen LogP contribution is 2.20. The molecule has 16 heavy (non-hydrogen) atoms. The van der Waals surface area contributed by atoms with Gasteiger partial charge in [-0.2, -0.15) is 0 Å². The number of hydrogen-bond acceptors (Lipinski definition) is 3. The Morgan fingerprint density at radius 1 is 1.06 bits per heavy atom. The second-order valence-corrected chi connectivity index (χ2v) is 5.25. The summed E-state index contributed by atoms with van der Waals surface area (Å²) in [5.41, 5.74) is 0. The van der Waals surface area contributed by atoms with Crippen molar-refractivity contribution in [1.82, 2.24) is 4.90 Å². The highest BCUT2D eigenvalue weighted by molar-refractivity contribution is 4.71. The van der Waals surface area contributed by atoms with Gasteiger partial charge >= 0.3 is 0 Å². The van der Waals surface area contributed by atoms with Gasteiger partial charge in [-0.15, -0.1) is 0 Å². The molecule has 3 heteroatoms. The van der Waals surface area contributed by atoms with Crippen LogP contribution < -0.4 is 0 Å². The normalized spacial score (nSPS) is 26.1. The maximum absolute atomic E-state index is 9.87. The fourth-order valence-corrected chi connectivity index (χ4v) is 2.79. The molecule has 3 nitrogen and oxygen atoms in total. The summed E-state index contributed by atoms with van der Waals surface area (Å²) in [6.45, 7) is 3.63. The largest absolute Gasteiger partial charge is 0.389 e. The summed E-state index contributed by atoms with van der Waals surface area (Å²) in [5, 5.41) is 9.87. The van der Waals surface area contributed by atoms with E-state index in [1.165, 1.54) is 44.9 Å². The minimum absolute atomic E-state index is 0.292. The summed E-state index contributed by atoms with van der Waals surface area (Å²) in [7, 11) is 0. The van der Waals surface area contributed by atoms with Crippen molar-refractivity contribution in [3.63, 3.8) is 0 Å². The molecule has 2 aliphatic rings. The molecule has 0 aromatic carbocycles. The quantitative estimate of drug-likeness (QED) is 0.777. The second-order valence-electron chi connectivity index (χ2n) is 5.25. The number of β-amino-alcohol motifs (C(OH)–C–C–N with tert-alkyl or cyclic N) is 1. The molecule has 1 N–H and O–H groups in total. The summed E-state index contributed by atoms with van der Waals surface area (Å²) in [6, 6.07) is 0. The third-order valence-corrected chi connectivity index (χ3v) is 3.74. The zero-order valence-electron chi connectivity index (χ0n) is 10.2. The molecule has 0 amide bonds. The lowest BCUT2D eigenvalue weighted by Crippen LogP contribution is -2.34. The molecule has 0 aromatic rings. The van der Waals surface area contributed by atoms with Crippen LogP contribution in [0.3, 0.4) is 0 Å². The van der Waals surface area contributed by atoms with Crippen molar-refractivity contribution in [2.24, 2.45) is 0 Å². The first-order valence-corrected chi connectivity index (χ1v) is 6.86. The van der Waals surface area contributed by atoms with Gasteiger partial charge in [0.1, 0.15) is 0 Å². The van der Waals surface area contributed by atoms with Crippen molar-refractivity contribution >= 4 is 0 Å². The van der Waals surface area contributed by atoms with Gasteiger partial charge in [0.25, 0.3) is 0 Å². The molecule has 0 radical (unpaired) electrons. The zero-order valence-corrected chi connectivity index (χ0v) is 10.2. The number of rotatable bonds is 5. The third kappa shape index (κ3) is 4.04. The van der Waals surface area contributed by atoms with Gasteiger partial charge in [0.2, 0.25) is 0 Å². The maximum atomic E-state index is 9.87. The average molecular weight is 227 g/mol. The van der Waals surface area contributed by atoms with Crippen LogP contribution in [0.25, 0.3) is 0 Å². The van der Waals surface area contributed by atoms with E-state index < -0.39 is 0 Å². The van der Waals surface area contributed by atoms with Crippen molar-refractivity contribution < 1.29 is 9.84 Å². The topological polar surface area (TPSA) is 32.7 Å². The van der Waals surface area contributed by atoms with Crippen LogP contribution in [0, 0.1) is 0 Å². The number of ether oxygens (including phenoxy) is 1. The number of nitrogens with zero attached hydrogens (tertiary/aromatic N) is 1. The fraction of sp³-hybridized carbons (Fsp3) is 1.00. The van der Waals surface area contributed by atoms with Crippen molar-refractivity contribution in [1.29, 1.82) is 0 Å². The average Bonchev–Trinajstić information content (AvgIpc) is 2.81. The lowest BCUT2D eigenvalue weighted by Gasteiger charge is -2.25. The van der Waals surface area contributed by atoms with Crippen LogP contribution in [0.1, 0.15) is 44.9 Å². The summed E-state index contributed by atoms with van der Waals surface area (Å²) in [5.74, 6) is 0. The molecule has 94 valence electrons. The van der Waals surface area contributed by atoms with Gasteiger partial charge in [-0.3, -0.25) is 0 Å². The predicted molar refractivity (Wildman–Crippen MR) is 64.5 cm³/mol. The molecule has 0 spiro atoms. The van der Waals surface area contributed by atoms with Crippen LogP contribution in [0.5, 0.6) is 0 Å². The van der Waals surface area contributed by atoms with Gasteiger partial charge in [-0.1, -0.05) is 19.3 Å². The Labute approximate surface area is 98.8 Å². The SMILES string of the molecule is O[C@@H](COC1CCCCC1)CN1CCCC1. The first-order valence-electron chi connectivity index (χ1n) is 6.86. The molecule has 1 atom stereocenters. The molecule has 0 aromatic heterocycles. The van der Waals surface area contributed by atoms with Gasteiger partial charge in [0.05, 0.1) is 18.8 Å². The van der Waals surface area contributed by atoms with Gasteiger partial charge in [-0.25, -0.2) is 0 Å². The minimum atomic E-state index is -0.292.